The van der Waals surface area contributed by atoms with Crippen molar-refractivity contribution < 1.29 is 14.3 Å². The summed E-state index contributed by atoms with van der Waals surface area (Å²) in [6.45, 7) is 1.97. The molecule has 1 N–H and O–H groups in total. The van der Waals surface area contributed by atoms with Crippen LogP contribution in [0, 0.1) is 0 Å². The van der Waals surface area contributed by atoms with Gasteiger partial charge in [-0.1, -0.05) is 37.8 Å². The molecule has 0 aliphatic carbocycles. The molecular weight excluding hydrogens is 206 g/mol. The molecule has 88 valence electrons. The van der Waals surface area contributed by atoms with Gasteiger partial charge in [0.05, 0.1) is 13.2 Å². The van der Waals surface area contributed by atoms with Gasteiger partial charge in [0.15, 0.2) is 5.78 Å². The van der Waals surface area contributed by atoms with Gasteiger partial charge in [0.2, 0.25) is 0 Å². The topological polar surface area (TPSA) is 55.4 Å². The van der Waals surface area contributed by atoms with Gasteiger partial charge in [0, 0.05) is 5.56 Å². The smallest absolute Gasteiger partial charge is 0.407 e. The SMILES string of the molecule is C.CCOC(=O)NCC(=O)c1ccccc1. The van der Waals surface area contributed by atoms with Crippen LogP contribution in [0.15, 0.2) is 30.3 Å². The number of benzene rings is 1. The number of ether oxygens (including phenoxy) is 1. The fourth-order valence-corrected chi connectivity index (χ4v) is 1.06. The molecular formula is C12H17NO3. The third kappa shape index (κ3) is 4.59. The largest absolute Gasteiger partial charge is 0.450 e. The van der Waals surface area contributed by atoms with Gasteiger partial charge in [-0.05, 0) is 6.92 Å². The second-order valence-electron chi connectivity index (χ2n) is 2.86. The summed E-state index contributed by atoms with van der Waals surface area (Å²) in [4.78, 5) is 22.4. The van der Waals surface area contributed by atoms with Crippen LogP contribution in [0.4, 0.5) is 4.79 Å². The zero-order valence-corrected chi connectivity index (χ0v) is 8.53. The molecule has 1 amide bonds. The first-order chi connectivity index (χ1) is 7.24. The Morgan fingerprint density at radius 3 is 2.44 bits per heavy atom. The Hall–Kier alpha value is -1.84. The van der Waals surface area contributed by atoms with E-state index in [-0.39, 0.29) is 19.8 Å². The van der Waals surface area contributed by atoms with Crippen molar-refractivity contribution in [2.24, 2.45) is 0 Å². The molecule has 4 heteroatoms. The lowest BCUT2D eigenvalue weighted by molar-refractivity contribution is 0.0979. The molecule has 0 aromatic heterocycles. The maximum Gasteiger partial charge on any atom is 0.407 e. The second kappa shape index (κ2) is 7.45. The van der Waals surface area contributed by atoms with Crippen LogP contribution in [0.25, 0.3) is 0 Å². The number of amides is 1. The van der Waals surface area contributed by atoms with Crippen molar-refractivity contribution in [2.45, 2.75) is 14.4 Å². The van der Waals surface area contributed by atoms with Crippen molar-refractivity contribution in [1.29, 1.82) is 0 Å². The lowest BCUT2D eigenvalue weighted by atomic mass is 10.1. The number of ketones is 1. The Morgan fingerprint density at radius 1 is 1.25 bits per heavy atom. The molecule has 1 rings (SSSR count). The van der Waals surface area contributed by atoms with Gasteiger partial charge in [0.1, 0.15) is 0 Å². The zero-order valence-electron chi connectivity index (χ0n) is 8.53. The predicted octanol–water partition coefficient (Wildman–Crippen LogP) is 2.25. The van der Waals surface area contributed by atoms with Crippen molar-refractivity contribution in [1.82, 2.24) is 5.32 Å². The quantitative estimate of drug-likeness (QED) is 0.796. The summed E-state index contributed by atoms with van der Waals surface area (Å²) in [5.74, 6) is -0.136. The van der Waals surface area contributed by atoms with E-state index in [2.05, 4.69) is 10.1 Å². The number of hydrogen-bond acceptors (Lipinski definition) is 3. The fraction of sp³-hybridized carbons (Fsp3) is 0.333. The van der Waals surface area contributed by atoms with Crippen LogP contribution in [0.2, 0.25) is 0 Å². The van der Waals surface area contributed by atoms with Gasteiger partial charge in [-0.15, -0.1) is 0 Å². The molecule has 0 radical (unpaired) electrons. The van der Waals surface area contributed by atoms with Crippen molar-refractivity contribution in [3.05, 3.63) is 35.9 Å². The Kier molecular flexibility index (Phi) is 6.59. The first kappa shape index (κ1) is 14.2. The summed E-state index contributed by atoms with van der Waals surface area (Å²) < 4.78 is 4.63. The van der Waals surface area contributed by atoms with E-state index in [1.165, 1.54) is 0 Å². The minimum atomic E-state index is -0.568. The molecule has 0 atom stereocenters. The first-order valence-electron chi connectivity index (χ1n) is 4.73. The molecule has 4 nitrogen and oxygen atoms in total. The number of carbonyl (C=O) groups is 2. The molecule has 0 spiro atoms. The highest BCUT2D eigenvalue weighted by atomic mass is 16.5. The number of Topliss-reactive ketones (excluding diaryl/α,β-unsaturated/α-hetero) is 1. The van der Waals surface area contributed by atoms with Crippen LogP contribution in [0.5, 0.6) is 0 Å². The second-order valence-corrected chi connectivity index (χ2v) is 2.86. The summed E-state index contributed by atoms with van der Waals surface area (Å²) in [5, 5.41) is 2.37. The van der Waals surface area contributed by atoms with Crippen LogP contribution in [-0.2, 0) is 4.74 Å². The highest BCUT2D eigenvalue weighted by Gasteiger charge is 2.07. The lowest BCUT2D eigenvalue weighted by Crippen LogP contribution is -2.30. The molecule has 0 saturated heterocycles. The van der Waals surface area contributed by atoms with E-state index in [0.29, 0.717) is 12.2 Å². The number of alkyl carbamates (subject to hydrolysis) is 1. The zero-order chi connectivity index (χ0) is 11.1. The van der Waals surface area contributed by atoms with Crippen LogP contribution in [0.1, 0.15) is 24.7 Å². The van der Waals surface area contributed by atoms with Crippen LogP contribution in [0.3, 0.4) is 0 Å². The molecule has 0 bridgehead atoms. The average molecular weight is 223 g/mol. The van der Waals surface area contributed by atoms with Gasteiger partial charge < -0.3 is 10.1 Å². The van der Waals surface area contributed by atoms with Gasteiger partial charge in [0.25, 0.3) is 0 Å². The highest BCUT2D eigenvalue weighted by molar-refractivity contribution is 5.98. The molecule has 16 heavy (non-hydrogen) atoms. The van der Waals surface area contributed by atoms with Gasteiger partial charge >= 0.3 is 6.09 Å². The van der Waals surface area contributed by atoms with E-state index in [0.717, 1.165) is 0 Å². The fourth-order valence-electron chi connectivity index (χ4n) is 1.06. The van der Waals surface area contributed by atoms with Crippen molar-refractivity contribution in [3.63, 3.8) is 0 Å². The number of hydrogen-bond donors (Lipinski definition) is 1. The third-order valence-electron chi connectivity index (χ3n) is 1.76. The van der Waals surface area contributed by atoms with E-state index in [9.17, 15) is 9.59 Å². The Balaban J connectivity index is 0.00000225. The normalized spacial score (nSPS) is 8.81. The molecule has 1 aromatic rings. The summed E-state index contributed by atoms with van der Waals surface area (Å²) in [6.07, 6.45) is -0.568. The van der Waals surface area contributed by atoms with Crippen LogP contribution in [-0.4, -0.2) is 25.0 Å². The molecule has 0 saturated carbocycles. The van der Waals surface area contributed by atoms with E-state index in [1.54, 1.807) is 31.2 Å². The monoisotopic (exact) mass is 223 g/mol. The molecule has 0 fully saturated rings. The van der Waals surface area contributed by atoms with Crippen molar-refractivity contribution in [3.8, 4) is 0 Å². The molecule has 0 heterocycles. The van der Waals surface area contributed by atoms with Crippen LogP contribution < -0.4 is 5.32 Å². The summed E-state index contributed by atoms with van der Waals surface area (Å²) in [7, 11) is 0. The predicted molar refractivity (Wildman–Crippen MR) is 62.5 cm³/mol. The molecule has 1 aromatic carbocycles. The Morgan fingerprint density at radius 2 is 1.88 bits per heavy atom. The molecule has 0 aliphatic heterocycles. The number of rotatable bonds is 4. The van der Waals surface area contributed by atoms with E-state index < -0.39 is 6.09 Å². The standard InChI is InChI=1S/C11H13NO3.CH4/c1-2-15-11(14)12-8-10(13)9-6-4-3-5-7-9;/h3-7H,2,8H2,1H3,(H,12,14);1H4. The minimum absolute atomic E-state index is 0. The first-order valence-corrected chi connectivity index (χ1v) is 4.73. The van der Waals surface area contributed by atoms with Crippen molar-refractivity contribution >= 4 is 11.9 Å². The van der Waals surface area contributed by atoms with E-state index in [4.69, 9.17) is 0 Å². The maximum absolute atomic E-state index is 11.5. The maximum atomic E-state index is 11.5. The Labute approximate surface area is 95.6 Å². The van der Waals surface area contributed by atoms with Gasteiger partial charge in [-0.25, -0.2) is 4.79 Å². The Bertz CT molecular complexity index is 335. The van der Waals surface area contributed by atoms with Gasteiger partial charge in [-0.2, -0.15) is 0 Å². The number of carbonyl (C=O) groups excluding carboxylic acids is 2. The van der Waals surface area contributed by atoms with Crippen molar-refractivity contribution in [2.75, 3.05) is 13.2 Å². The van der Waals surface area contributed by atoms with E-state index >= 15 is 0 Å². The van der Waals surface area contributed by atoms with E-state index in [1.807, 2.05) is 6.07 Å². The minimum Gasteiger partial charge on any atom is -0.450 e. The van der Waals surface area contributed by atoms with Crippen LogP contribution >= 0.6 is 0 Å². The third-order valence-corrected chi connectivity index (χ3v) is 1.76. The molecule has 0 unspecified atom stereocenters. The molecule has 0 aliphatic rings. The lowest BCUT2D eigenvalue weighted by Gasteiger charge is -2.04. The number of nitrogens with one attached hydrogen (secondary N) is 1. The highest BCUT2D eigenvalue weighted by Crippen LogP contribution is 1.98. The summed E-state index contributed by atoms with van der Waals surface area (Å²) in [6, 6.07) is 8.79. The average Bonchev–Trinajstić information content (AvgIpc) is 2.27. The summed E-state index contributed by atoms with van der Waals surface area (Å²) >= 11 is 0. The van der Waals surface area contributed by atoms with Gasteiger partial charge in [-0.3, -0.25) is 4.79 Å². The summed E-state index contributed by atoms with van der Waals surface area (Å²) in [5.41, 5.74) is 0.578.